The van der Waals surface area contributed by atoms with E-state index in [9.17, 15) is 4.79 Å². The Morgan fingerprint density at radius 2 is 2.07 bits per heavy atom. The molecular formula is C12H16O2. The topological polar surface area (TPSA) is 26.3 Å². The summed E-state index contributed by atoms with van der Waals surface area (Å²) in [6, 6.07) is 10.2. The second kappa shape index (κ2) is 6.33. The Labute approximate surface area is 84.9 Å². The predicted octanol–water partition coefficient (Wildman–Crippen LogP) is 2.22. The molecule has 0 N–H and O–H groups in total. The van der Waals surface area contributed by atoms with E-state index < -0.39 is 0 Å². The van der Waals surface area contributed by atoms with Crippen LogP contribution in [0.1, 0.15) is 18.4 Å². The van der Waals surface area contributed by atoms with Crippen molar-refractivity contribution in [1.82, 2.24) is 0 Å². The van der Waals surface area contributed by atoms with Gasteiger partial charge in [0.2, 0.25) is 0 Å². The number of carbonyl (C=O) groups is 1. The summed E-state index contributed by atoms with van der Waals surface area (Å²) in [5, 5.41) is 0. The molecule has 1 atom stereocenters. The highest BCUT2D eigenvalue weighted by Crippen LogP contribution is 2.08. The molecule has 14 heavy (non-hydrogen) atoms. The van der Waals surface area contributed by atoms with Crippen LogP contribution < -0.4 is 0 Å². The van der Waals surface area contributed by atoms with E-state index in [2.05, 4.69) is 12.1 Å². The zero-order valence-corrected chi connectivity index (χ0v) is 8.48. The Hall–Kier alpha value is -1.15. The van der Waals surface area contributed by atoms with Gasteiger partial charge in [-0.15, -0.1) is 0 Å². The van der Waals surface area contributed by atoms with Gasteiger partial charge in [0.25, 0.3) is 0 Å². The minimum Gasteiger partial charge on any atom is -0.381 e. The van der Waals surface area contributed by atoms with E-state index in [0.29, 0.717) is 6.42 Å². The summed E-state index contributed by atoms with van der Waals surface area (Å²) >= 11 is 0. The van der Waals surface area contributed by atoms with Gasteiger partial charge >= 0.3 is 0 Å². The van der Waals surface area contributed by atoms with Crippen molar-refractivity contribution in [3.63, 3.8) is 0 Å². The minimum absolute atomic E-state index is 0.0627. The Bertz CT molecular complexity index is 256. The largest absolute Gasteiger partial charge is 0.381 e. The maximum atomic E-state index is 10.3. The van der Waals surface area contributed by atoms with Crippen LogP contribution in [0.5, 0.6) is 0 Å². The van der Waals surface area contributed by atoms with E-state index in [4.69, 9.17) is 4.74 Å². The zero-order chi connectivity index (χ0) is 10.2. The van der Waals surface area contributed by atoms with Gasteiger partial charge in [0.05, 0.1) is 6.10 Å². The Morgan fingerprint density at radius 3 is 2.64 bits per heavy atom. The van der Waals surface area contributed by atoms with Crippen LogP contribution in [-0.2, 0) is 16.0 Å². The number of aryl methyl sites for hydroxylation is 1. The van der Waals surface area contributed by atoms with Crippen molar-refractivity contribution in [2.75, 3.05) is 7.11 Å². The summed E-state index contributed by atoms with van der Waals surface area (Å²) in [5.74, 6) is 0. The van der Waals surface area contributed by atoms with Gasteiger partial charge in [-0.3, -0.25) is 0 Å². The number of aldehydes is 1. The molecule has 0 amide bonds. The van der Waals surface area contributed by atoms with E-state index >= 15 is 0 Å². The quantitative estimate of drug-likeness (QED) is 0.646. The van der Waals surface area contributed by atoms with Crippen molar-refractivity contribution >= 4 is 6.29 Å². The third-order valence-corrected chi connectivity index (χ3v) is 2.29. The van der Waals surface area contributed by atoms with Gasteiger partial charge in [-0.1, -0.05) is 30.3 Å². The smallest absolute Gasteiger partial charge is 0.122 e. The zero-order valence-electron chi connectivity index (χ0n) is 8.48. The van der Waals surface area contributed by atoms with Crippen LogP contribution in [0.2, 0.25) is 0 Å². The van der Waals surface area contributed by atoms with Crippen LogP contribution in [-0.4, -0.2) is 19.5 Å². The first-order valence-corrected chi connectivity index (χ1v) is 4.87. The number of rotatable bonds is 6. The van der Waals surface area contributed by atoms with E-state index in [1.165, 1.54) is 5.56 Å². The molecule has 0 heterocycles. The lowest BCUT2D eigenvalue weighted by atomic mass is 10.1. The molecule has 2 nitrogen and oxygen atoms in total. The van der Waals surface area contributed by atoms with Crippen molar-refractivity contribution in [3.05, 3.63) is 35.9 Å². The molecule has 1 aromatic rings. The summed E-state index contributed by atoms with van der Waals surface area (Å²) in [6.45, 7) is 0. The molecule has 1 aromatic carbocycles. The molecule has 0 saturated carbocycles. The Morgan fingerprint density at radius 1 is 1.36 bits per heavy atom. The molecule has 0 radical (unpaired) electrons. The van der Waals surface area contributed by atoms with Crippen molar-refractivity contribution < 1.29 is 9.53 Å². The van der Waals surface area contributed by atoms with Crippen molar-refractivity contribution in [3.8, 4) is 0 Å². The highest BCUT2D eigenvalue weighted by atomic mass is 16.5. The standard InChI is InChI=1S/C12H16O2/c1-14-12(9-10-13)8-7-11-5-3-2-4-6-11/h2-6,10,12H,7-9H2,1H3. The van der Waals surface area contributed by atoms with Gasteiger partial charge < -0.3 is 9.53 Å². The fourth-order valence-electron chi connectivity index (χ4n) is 1.41. The van der Waals surface area contributed by atoms with E-state index in [1.807, 2.05) is 18.2 Å². The van der Waals surface area contributed by atoms with Crippen LogP contribution in [0.15, 0.2) is 30.3 Å². The monoisotopic (exact) mass is 192 g/mol. The van der Waals surface area contributed by atoms with Gasteiger partial charge in [0.15, 0.2) is 0 Å². The van der Waals surface area contributed by atoms with E-state index in [-0.39, 0.29) is 6.10 Å². The highest BCUT2D eigenvalue weighted by molar-refractivity contribution is 5.50. The van der Waals surface area contributed by atoms with Crippen LogP contribution in [0, 0.1) is 0 Å². The van der Waals surface area contributed by atoms with Gasteiger partial charge in [-0.05, 0) is 18.4 Å². The third kappa shape index (κ3) is 3.71. The first kappa shape index (κ1) is 10.9. The van der Waals surface area contributed by atoms with Gasteiger partial charge in [-0.25, -0.2) is 0 Å². The summed E-state index contributed by atoms with van der Waals surface area (Å²) in [5.41, 5.74) is 1.29. The lowest BCUT2D eigenvalue weighted by Crippen LogP contribution is -2.12. The van der Waals surface area contributed by atoms with E-state index in [1.54, 1.807) is 7.11 Å². The second-order valence-corrected chi connectivity index (χ2v) is 3.28. The molecule has 1 rings (SSSR count). The van der Waals surface area contributed by atoms with Crippen LogP contribution in [0.4, 0.5) is 0 Å². The Balaban J connectivity index is 2.35. The van der Waals surface area contributed by atoms with Gasteiger partial charge in [0.1, 0.15) is 6.29 Å². The SMILES string of the molecule is COC(CC=O)CCc1ccccc1. The summed E-state index contributed by atoms with van der Waals surface area (Å²) in [6.07, 6.45) is 3.34. The maximum absolute atomic E-state index is 10.3. The lowest BCUT2D eigenvalue weighted by molar-refractivity contribution is -0.110. The molecule has 0 fully saturated rings. The maximum Gasteiger partial charge on any atom is 0.122 e. The van der Waals surface area contributed by atoms with Crippen molar-refractivity contribution in [2.45, 2.75) is 25.4 Å². The minimum atomic E-state index is 0.0627. The molecule has 0 aromatic heterocycles. The molecule has 0 aliphatic carbocycles. The normalized spacial score (nSPS) is 12.4. The molecule has 0 spiro atoms. The number of carbonyl (C=O) groups excluding carboxylic acids is 1. The molecule has 0 saturated heterocycles. The van der Waals surface area contributed by atoms with Crippen LogP contribution in [0.3, 0.4) is 0 Å². The first-order valence-electron chi connectivity index (χ1n) is 4.87. The summed E-state index contributed by atoms with van der Waals surface area (Å²) < 4.78 is 5.18. The second-order valence-electron chi connectivity index (χ2n) is 3.28. The van der Waals surface area contributed by atoms with Crippen molar-refractivity contribution in [1.29, 1.82) is 0 Å². The van der Waals surface area contributed by atoms with E-state index in [0.717, 1.165) is 19.1 Å². The summed E-state index contributed by atoms with van der Waals surface area (Å²) in [4.78, 5) is 10.3. The highest BCUT2D eigenvalue weighted by Gasteiger charge is 2.05. The first-order chi connectivity index (χ1) is 6.86. The molecule has 0 aliphatic heterocycles. The number of ether oxygens (including phenoxy) is 1. The predicted molar refractivity (Wildman–Crippen MR) is 56.2 cm³/mol. The van der Waals surface area contributed by atoms with Gasteiger partial charge in [-0.2, -0.15) is 0 Å². The number of hydrogen-bond donors (Lipinski definition) is 0. The lowest BCUT2D eigenvalue weighted by Gasteiger charge is -2.11. The van der Waals surface area contributed by atoms with Gasteiger partial charge in [0, 0.05) is 13.5 Å². The molecule has 76 valence electrons. The molecule has 0 bridgehead atoms. The number of methoxy groups -OCH3 is 1. The average Bonchev–Trinajstić information content (AvgIpc) is 2.25. The molecule has 1 unspecified atom stereocenters. The van der Waals surface area contributed by atoms with Crippen molar-refractivity contribution in [2.24, 2.45) is 0 Å². The average molecular weight is 192 g/mol. The molecule has 0 aliphatic rings. The number of benzene rings is 1. The van der Waals surface area contributed by atoms with Crippen LogP contribution >= 0.6 is 0 Å². The fourth-order valence-corrected chi connectivity index (χ4v) is 1.41. The Kier molecular flexibility index (Phi) is 4.94. The third-order valence-electron chi connectivity index (χ3n) is 2.29. The molecule has 2 heteroatoms. The number of hydrogen-bond acceptors (Lipinski definition) is 2. The summed E-state index contributed by atoms with van der Waals surface area (Å²) in [7, 11) is 1.65. The fraction of sp³-hybridized carbons (Fsp3) is 0.417. The van der Waals surface area contributed by atoms with Crippen LogP contribution in [0.25, 0.3) is 0 Å². The molecular weight excluding hydrogens is 176 g/mol.